The van der Waals surface area contributed by atoms with Crippen LogP contribution in [0.2, 0.25) is 0 Å². The second-order valence-electron chi connectivity index (χ2n) is 5.55. The number of nitrogens with one attached hydrogen (secondary N) is 1. The molecular formula is C17H25N3S. The summed E-state index contributed by atoms with van der Waals surface area (Å²) in [6.07, 6.45) is 2.18. The van der Waals surface area contributed by atoms with E-state index in [2.05, 4.69) is 62.3 Å². The van der Waals surface area contributed by atoms with Gasteiger partial charge in [0.15, 0.2) is 5.13 Å². The first kappa shape index (κ1) is 16.0. The summed E-state index contributed by atoms with van der Waals surface area (Å²) in [7, 11) is 2.09. The number of hydrogen-bond donors (Lipinski definition) is 1. The third-order valence-corrected chi connectivity index (χ3v) is 4.53. The van der Waals surface area contributed by atoms with E-state index in [4.69, 9.17) is 4.98 Å². The van der Waals surface area contributed by atoms with Gasteiger partial charge in [0, 0.05) is 30.2 Å². The quantitative estimate of drug-likeness (QED) is 0.823. The van der Waals surface area contributed by atoms with Gasteiger partial charge in [-0.2, -0.15) is 0 Å². The summed E-state index contributed by atoms with van der Waals surface area (Å²) in [6.45, 7) is 7.47. The van der Waals surface area contributed by atoms with Gasteiger partial charge in [-0.3, -0.25) is 0 Å². The minimum atomic E-state index is 0.497. The summed E-state index contributed by atoms with van der Waals surface area (Å²) in [4.78, 5) is 8.39. The first-order chi connectivity index (χ1) is 10.1. The molecule has 0 fully saturated rings. The molecule has 21 heavy (non-hydrogen) atoms. The van der Waals surface area contributed by atoms with E-state index in [9.17, 15) is 0 Å². The van der Waals surface area contributed by atoms with Crippen LogP contribution in [0.5, 0.6) is 0 Å². The molecule has 0 saturated heterocycles. The van der Waals surface area contributed by atoms with E-state index >= 15 is 0 Å². The number of aromatic nitrogens is 1. The van der Waals surface area contributed by atoms with Gasteiger partial charge in [0.1, 0.15) is 0 Å². The van der Waals surface area contributed by atoms with Crippen molar-refractivity contribution in [2.75, 3.05) is 11.9 Å². The van der Waals surface area contributed by atoms with Crippen molar-refractivity contribution in [3.63, 3.8) is 0 Å². The normalized spacial score (nSPS) is 11.1. The minimum absolute atomic E-state index is 0.497. The van der Waals surface area contributed by atoms with Crippen molar-refractivity contribution in [1.82, 2.24) is 10.3 Å². The molecule has 0 aliphatic heterocycles. The van der Waals surface area contributed by atoms with E-state index in [1.807, 2.05) is 6.07 Å². The fourth-order valence-corrected chi connectivity index (χ4v) is 3.18. The Morgan fingerprint density at radius 2 is 1.95 bits per heavy atom. The number of hydrogen-bond acceptors (Lipinski definition) is 4. The number of rotatable bonds is 7. The number of benzene rings is 1. The van der Waals surface area contributed by atoms with Crippen LogP contribution in [0.4, 0.5) is 10.8 Å². The molecule has 1 aromatic carbocycles. The second-order valence-corrected chi connectivity index (χ2v) is 6.61. The van der Waals surface area contributed by atoms with E-state index < -0.39 is 0 Å². The van der Waals surface area contributed by atoms with Crippen LogP contribution in [0.25, 0.3) is 0 Å². The Bertz CT molecular complexity index is 548. The molecule has 0 radical (unpaired) electrons. The molecule has 114 valence electrons. The van der Waals surface area contributed by atoms with E-state index in [1.165, 1.54) is 16.3 Å². The lowest BCUT2D eigenvalue weighted by Gasteiger charge is -2.15. The zero-order valence-corrected chi connectivity index (χ0v) is 14.2. The van der Waals surface area contributed by atoms with Crippen molar-refractivity contribution in [3.8, 4) is 0 Å². The van der Waals surface area contributed by atoms with Crippen molar-refractivity contribution in [1.29, 1.82) is 0 Å². The maximum Gasteiger partial charge on any atom is 0.190 e. The van der Waals surface area contributed by atoms with Gasteiger partial charge in [-0.15, -0.1) is 0 Å². The van der Waals surface area contributed by atoms with Crippen LogP contribution in [-0.4, -0.2) is 18.1 Å². The van der Waals surface area contributed by atoms with Gasteiger partial charge in [0.25, 0.3) is 0 Å². The molecule has 0 aliphatic carbocycles. The van der Waals surface area contributed by atoms with Crippen LogP contribution < -0.4 is 10.2 Å². The van der Waals surface area contributed by atoms with Crippen LogP contribution >= 0.6 is 11.3 Å². The van der Waals surface area contributed by atoms with Gasteiger partial charge in [0.2, 0.25) is 0 Å². The van der Waals surface area contributed by atoms with E-state index in [0.717, 1.165) is 24.5 Å². The van der Waals surface area contributed by atoms with Crippen LogP contribution in [0, 0.1) is 0 Å². The summed E-state index contributed by atoms with van der Waals surface area (Å²) in [5.74, 6) is 0. The Labute approximate surface area is 132 Å². The first-order valence-electron chi connectivity index (χ1n) is 7.62. The Morgan fingerprint density at radius 3 is 2.57 bits per heavy atom. The molecular weight excluding hydrogens is 278 g/mol. The Kier molecular flexibility index (Phi) is 5.76. The first-order valence-corrected chi connectivity index (χ1v) is 8.44. The van der Waals surface area contributed by atoms with Crippen LogP contribution in [-0.2, 0) is 13.0 Å². The Morgan fingerprint density at radius 1 is 1.24 bits per heavy atom. The topological polar surface area (TPSA) is 28.2 Å². The minimum Gasteiger partial charge on any atom is -0.321 e. The largest absolute Gasteiger partial charge is 0.321 e. The Balaban J connectivity index is 2.21. The fourth-order valence-electron chi connectivity index (χ4n) is 2.14. The summed E-state index contributed by atoms with van der Waals surface area (Å²) in [5, 5.41) is 4.58. The number of nitrogens with zero attached hydrogens (tertiary/aromatic N) is 2. The lowest BCUT2D eigenvalue weighted by atomic mass is 10.2. The number of anilines is 2. The van der Waals surface area contributed by atoms with Gasteiger partial charge in [-0.1, -0.05) is 56.7 Å². The molecule has 1 heterocycles. The Hall–Kier alpha value is -1.39. The number of para-hydroxylation sites is 1. The number of thiazole rings is 1. The van der Waals surface area contributed by atoms with E-state index in [0.29, 0.717) is 6.04 Å². The van der Waals surface area contributed by atoms with Crippen molar-refractivity contribution in [3.05, 3.63) is 40.9 Å². The standard InChI is InChI=1S/C17H25N3S/c1-5-9-15-16(12-18-13(2)3)21-17(19-15)20(4)14-10-7-6-8-11-14/h6-8,10-11,13,18H,5,9,12H2,1-4H3. The van der Waals surface area contributed by atoms with Gasteiger partial charge in [-0.05, 0) is 18.6 Å². The van der Waals surface area contributed by atoms with Crippen LogP contribution in [0.3, 0.4) is 0 Å². The molecule has 1 aromatic heterocycles. The molecule has 1 N–H and O–H groups in total. The summed E-state index contributed by atoms with van der Waals surface area (Å²) in [5.41, 5.74) is 2.42. The highest BCUT2D eigenvalue weighted by molar-refractivity contribution is 7.15. The van der Waals surface area contributed by atoms with Crippen LogP contribution in [0.15, 0.2) is 30.3 Å². The summed E-state index contributed by atoms with van der Waals surface area (Å²) >= 11 is 1.80. The van der Waals surface area contributed by atoms with Gasteiger partial charge < -0.3 is 10.2 Å². The second kappa shape index (κ2) is 7.57. The monoisotopic (exact) mass is 303 g/mol. The highest BCUT2D eigenvalue weighted by atomic mass is 32.1. The highest BCUT2D eigenvalue weighted by Crippen LogP contribution is 2.31. The lowest BCUT2D eigenvalue weighted by Crippen LogP contribution is -2.21. The van der Waals surface area contributed by atoms with Crippen molar-refractivity contribution >= 4 is 22.2 Å². The van der Waals surface area contributed by atoms with E-state index in [-0.39, 0.29) is 0 Å². The van der Waals surface area contributed by atoms with E-state index in [1.54, 1.807) is 11.3 Å². The average molecular weight is 303 g/mol. The zero-order valence-electron chi connectivity index (χ0n) is 13.4. The van der Waals surface area contributed by atoms with Gasteiger partial charge >= 0.3 is 0 Å². The molecule has 0 aliphatic rings. The predicted octanol–water partition coefficient (Wildman–Crippen LogP) is 4.36. The molecule has 0 unspecified atom stereocenters. The summed E-state index contributed by atoms with van der Waals surface area (Å²) < 4.78 is 0. The number of aryl methyl sites for hydroxylation is 1. The molecule has 0 amide bonds. The highest BCUT2D eigenvalue weighted by Gasteiger charge is 2.14. The molecule has 0 atom stereocenters. The molecule has 4 heteroatoms. The van der Waals surface area contributed by atoms with Crippen molar-refractivity contribution in [2.24, 2.45) is 0 Å². The van der Waals surface area contributed by atoms with Gasteiger partial charge in [-0.25, -0.2) is 4.98 Å². The smallest absolute Gasteiger partial charge is 0.190 e. The van der Waals surface area contributed by atoms with Crippen molar-refractivity contribution in [2.45, 2.75) is 46.2 Å². The maximum absolute atomic E-state index is 4.86. The summed E-state index contributed by atoms with van der Waals surface area (Å²) in [6, 6.07) is 10.9. The molecule has 2 rings (SSSR count). The predicted molar refractivity (Wildman–Crippen MR) is 92.6 cm³/mol. The molecule has 0 saturated carbocycles. The molecule has 0 bridgehead atoms. The molecule has 3 nitrogen and oxygen atoms in total. The van der Waals surface area contributed by atoms with Crippen molar-refractivity contribution < 1.29 is 0 Å². The SMILES string of the molecule is CCCc1nc(N(C)c2ccccc2)sc1CNC(C)C. The van der Waals surface area contributed by atoms with Crippen LogP contribution in [0.1, 0.15) is 37.8 Å². The third kappa shape index (κ3) is 4.29. The van der Waals surface area contributed by atoms with Gasteiger partial charge in [0.05, 0.1) is 5.69 Å². The third-order valence-electron chi connectivity index (χ3n) is 3.36. The molecule has 0 spiro atoms. The lowest BCUT2D eigenvalue weighted by molar-refractivity contribution is 0.589. The maximum atomic E-state index is 4.86. The zero-order chi connectivity index (χ0) is 15.2. The molecule has 2 aromatic rings. The average Bonchev–Trinajstić information content (AvgIpc) is 2.89. The fraction of sp³-hybridized carbons (Fsp3) is 0.471.